The molecule has 0 amide bonds. The lowest BCUT2D eigenvalue weighted by molar-refractivity contribution is 0.142. The van der Waals surface area contributed by atoms with Gasteiger partial charge in [0.2, 0.25) is 0 Å². The Morgan fingerprint density at radius 2 is 2.33 bits per heavy atom. The van der Waals surface area contributed by atoms with Gasteiger partial charge in [0, 0.05) is 26.1 Å². The second-order valence-electron chi connectivity index (χ2n) is 3.48. The number of guanidine groups is 1. The van der Waals surface area contributed by atoms with Crippen LogP contribution in [0, 0.1) is 17.2 Å². The van der Waals surface area contributed by atoms with E-state index in [1.165, 1.54) is 0 Å². The van der Waals surface area contributed by atoms with Crippen LogP contribution in [0.3, 0.4) is 0 Å². The standard InChI is InChI=1S/C8H17N3O/c1-6-3-11(8(9)10)4-7(6)5-12-2/h6-7H,3-5H2,1-2H3,(H3,9,10)/t6-,7+/m0/s1. The molecule has 1 heterocycles. The summed E-state index contributed by atoms with van der Waals surface area (Å²) in [5.74, 6) is 1.29. The first-order chi connectivity index (χ1) is 5.65. The molecular weight excluding hydrogens is 154 g/mol. The van der Waals surface area contributed by atoms with Crippen molar-refractivity contribution in [3.8, 4) is 0 Å². The van der Waals surface area contributed by atoms with E-state index < -0.39 is 0 Å². The van der Waals surface area contributed by atoms with Gasteiger partial charge in [-0.05, 0) is 5.92 Å². The molecule has 0 unspecified atom stereocenters. The maximum Gasteiger partial charge on any atom is 0.188 e. The molecule has 0 bridgehead atoms. The summed E-state index contributed by atoms with van der Waals surface area (Å²) in [5, 5.41) is 7.27. The van der Waals surface area contributed by atoms with Crippen molar-refractivity contribution >= 4 is 5.96 Å². The molecule has 70 valence electrons. The van der Waals surface area contributed by atoms with Gasteiger partial charge in [0.1, 0.15) is 0 Å². The predicted octanol–water partition coefficient (Wildman–Crippen LogP) is 0.0942. The maximum atomic E-state index is 7.27. The molecular formula is C8H17N3O. The van der Waals surface area contributed by atoms with Crippen molar-refractivity contribution in [1.82, 2.24) is 4.90 Å². The van der Waals surface area contributed by atoms with Gasteiger partial charge in [-0.25, -0.2) is 0 Å². The highest BCUT2D eigenvalue weighted by Gasteiger charge is 2.29. The number of likely N-dealkylation sites (tertiary alicyclic amines) is 1. The Labute approximate surface area is 73.2 Å². The van der Waals surface area contributed by atoms with Gasteiger partial charge in [-0.15, -0.1) is 0 Å². The third-order valence-electron chi connectivity index (χ3n) is 2.49. The zero-order valence-corrected chi connectivity index (χ0v) is 7.71. The van der Waals surface area contributed by atoms with Gasteiger partial charge in [0.15, 0.2) is 5.96 Å². The van der Waals surface area contributed by atoms with Crippen molar-refractivity contribution in [2.45, 2.75) is 6.92 Å². The minimum atomic E-state index is 0.181. The van der Waals surface area contributed by atoms with Gasteiger partial charge >= 0.3 is 0 Å². The molecule has 1 aliphatic heterocycles. The average molecular weight is 171 g/mol. The van der Waals surface area contributed by atoms with Crippen molar-refractivity contribution in [1.29, 1.82) is 5.41 Å². The van der Waals surface area contributed by atoms with Crippen LogP contribution in [0.1, 0.15) is 6.92 Å². The van der Waals surface area contributed by atoms with Crippen LogP contribution in [-0.4, -0.2) is 37.7 Å². The molecule has 1 fully saturated rings. The monoisotopic (exact) mass is 171 g/mol. The van der Waals surface area contributed by atoms with Crippen LogP contribution in [0.4, 0.5) is 0 Å². The lowest BCUT2D eigenvalue weighted by atomic mass is 10.00. The van der Waals surface area contributed by atoms with Gasteiger partial charge in [0.05, 0.1) is 6.61 Å². The van der Waals surface area contributed by atoms with Gasteiger partial charge in [-0.1, -0.05) is 6.92 Å². The fourth-order valence-electron chi connectivity index (χ4n) is 1.66. The molecule has 0 radical (unpaired) electrons. The Bertz CT molecular complexity index is 172. The molecule has 4 nitrogen and oxygen atoms in total. The number of rotatable bonds is 2. The number of methoxy groups -OCH3 is 1. The summed E-state index contributed by atoms with van der Waals surface area (Å²) in [7, 11) is 1.71. The van der Waals surface area contributed by atoms with Crippen LogP contribution in [-0.2, 0) is 4.74 Å². The largest absolute Gasteiger partial charge is 0.384 e. The molecule has 4 heteroatoms. The first-order valence-corrected chi connectivity index (χ1v) is 4.23. The van der Waals surface area contributed by atoms with Crippen LogP contribution in [0.5, 0.6) is 0 Å². The Kier molecular flexibility index (Phi) is 2.92. The lowest BCUT2D eigenvalue weighted by Gasteiger charge is -2.14. The molecule has 12 heavy (non-hydrogen) atoms. The first kappa shape index (κ1) is 9.32. The summed E-state index contributed by atoms with van der Waals surface area (Å²) in [6.45, 7) is 4.70. The van der Waals surface area contributed by atoms with Crippen molar-refractivity contribution in [2.24, 2.45) is 17.6 Å². The van der Waals surface area contributed by atoms with E-state index in [9.17, 15) is 0 Å². The SMILES string of the molecule is COC[C@H]1CN(C(=N)N)C[C@@H]1C. The van der Waals surface area contributed by atoms with Crippen molar-refractivity contribution in [3.05, 3.63) is 0 Å². The van der Waals surface area contributed by atoms with Gasteiger partial charge in [-0.2, -0.15) is 0 Å². The van der Waals surface area contributed by atoms with E-state index >= 15 is 0 Å². The van der Waals surface area contributed by atoms with Crippen LogP contribution in [0.2, 0.25) is 0 Å². The topological polar surface area (TPSA) is 62.3 Å². The Morgan fingerprint density at radius 3 is 2.75 bits per heavy atom. The molecule has 0 aromatic carbocycles. The third-order valence-corrected chi connectivity index (χ3v) is 2.49. The Morgan fingerprint density at radius 1 is 1.67 bits per heavy atom. The van der Waals surface area contributed by atoms with E-state index in [1.54, 1.807) is 7.11 Å². The molecule has 0 spiro atoms. The molecule has 1 rings (SSSR count). The van der Waals surface area contributed by atoms with Crippen LogP contribution < -0.4 is 5.73 Å². The minimum Gasteiger partial charge on any atom is -0.384 e. The summed E-state index contributed by atoms with van der Waals surface area (Å²) in [4.78, 5) is 1.90. The molecule has 0 aromatic rings. The smallest absolute Gasteiger partial charge is 0.188 e. The summed E-state index contributed by atoms with van der Waals surface area (Å²) in [5.41, 5.74) is 5.39. The summed E-state index contributed by atoms with van der Waals surface area (Å²) in [6, 6.07) is 0. The van der Waals surface area contributed by atoms with Crippen LogP contribution >= 0.6 is 0 Å². The normalized spacial score (nSPS) is 29.3. The van der Waals surface area contributed by atoms with Crippen molar-refractivity contribution in [3.63, 3.8) is 0 Å². The molecule has 0 aliphatic carbocycles. The number of nitrogens with zero attached hydrogens (tertiary/aromatic N) is 1. The average Bonchev–Trinajstić information content (AvgIpc) is 2.34. The van der Waals surface area contributed by atoms with E-state index in [1.807, 2.05) is 4.90 Å². The molecule has 1 aliphatic rings. The Balaban J connectivity index is 2.44. The summed E-state index contributed by atoms with van der Waals surface area (Å²) >= 11 is 0. The Hall–Kier alpha value is -0.770. The predicted molar refractivity (Wildman–Crippen MR) is 48.0 cm³/mol. The fraction of sp³-hybridized carbons (Fsp3) is 0.875. The zero-order chi connectivity index (χ0) is 9.14. The number of nitrogens with one attached hydrogen (secondary N) is 1. The van der Waals surface area contributed by atoms with E-state index in [0.29, 0.717) is 11.8 Å². The molecule has 0 aromatic heterocycles. The number of nitrogens with two attached hydrogens (primary N) is 1. The molecule has 2 atom stereocenters. The van der Waals surface area contributed by atoms with Crippen LogP contribution in [0.25, 0.3) is 0 Å². The van der Waals surface area contributed by atoms with E-state index in [-0.39, 0.29) is 5.96 Å². The van der Waals surface area contributed by atoms with Gasteiger partial charge in [0.25, 0.3) is 0 Å². The van der Waals surface area contributed by atoms with E-state index in [4.69, 9.17) is 15.9 Å². The van der Waals surface area contributed by atoms with Crippen LogP contribution in [0.15, 0.2) is 0 Å². The van der Waals surface area contributed by atoms with E-state index in [0.717, 1.165) is 19.7 Å². The van der Waals surface area contributed by atoms with Gasteiger partial charge in [-0.3, -0.25) is 5.41 Å². The molecule has 3 N–H and O–H groups in total. The highest BCUT2D eigenvalue weighted by atomic mass is 16.5. The number of hydrogen-bond donors (Lipinski definition) is 2. The quantitative estimate of drug-likeness (QED) is 0.457. The second kappa shape index (κ2) is 3.76. The fourth-order valence-corrected chi connectivity index (χ4v) is 1.66. The highest BCUT2D eigenvalue weighted by molar-refractivity contribution is 5.74. The molecule has 1 saturated heterocycles. The van der Waals surface area contributed by atoms with Crippen molar-refractivity contribution in [2.75, 3.05) is 26.8 Å². The highest BCUT2D eigenvalue weighted by Crippen LogP contribution is 2.22. The van der Waals surface area contributed by atoms with Gasteiger partial charge < -0.3 is 15.4 Å². The first-order valence-electron chi connectivity index (χ1n) is 4.23. The van der Waals surface area contributed by atoms with Crippen molar-refractivity contribution < 1.29 is 4.74 Å². The number of hydrogen-bond acceptors (Lipinski definition) is 2. The summed E-state index contributed by atoms with van der Waals surface area (Å²) in [6.07, 6.45) is 0. The molecule has 0 saturated carbocycles. The number of ether oxygens (including phenoxy) is 1. The lowest BCUT2D eigenvalue weighted by Crippen LogP contribution is -2.34. The summed E-state index contributed by atoms with van der Waals surface area (Å²) < 4.78 is 5.09. The second-order valence-corrected chi connectivity index (χ2v) is 3.48. The maximum absolute atomic E-state index is 7.27. The minimum absolute atomic E-state index is 0.181. The van der Waals surface area contributed by atoms with E-state index in [2.05, 4.69) is 6.92 Å². The zero-order valence-electron chi connectivity index (χ0n) is 7.71. The third kappa shape index (κ3) is 1.88.